The van der Waals surface area contributed by atoms with Gasteiger partial charge in [-0.3, -0.25) is 4.79 Å². The van der Waals surface area contributed by atoms with Crippen LogP contribution in [0, 0.1) is 29.6 Å². The lowest BCUT2D eigenvalue weighted by molar-refractivity contribution is -0.131. The molecule has 0 aromatic rings. The van der Waals surface area contributed by atoms with Crippen LogP contribution in [-0.2, 0) is 4.79 Å². The summed E-state index contributed by atoms with van der Waals surface area (Å²) in [5.41, 5.74) is 0. The smallest absolute Gasteiger partial charge is 0.223 e. The second kappa shape index (κ2) is 7.76. The van der Waals surface area contributed by atoms with Crippen LogP contribution >= 0.6 is 0 Å². The zero-order valence-corrected chi connectivity index (χ0v) is 15.3. The lowest BCUT2D eigenvalue weighted by Crippen LogP contribution is -2.47. The molecule has 3 heteroatoms. The van der Waals surface area contributed by atoms with Crippen molar-refractivity contribution in [2.45, 2.75) is 83.1 Å². The molecular weight excluding hydrogens is 296 g/mol. The van der Waals surface area contributed by atoms with E-state index in [-0.39, 0.29) is 0 Å². The van der Waals surface area contributed by atoms with Gasteiger partial charge in [0.05, 0.1) is 0 Å². The van der Waals surface area contributed by atoms with Crippen LogP contribution in [0.2, 0.25) is 0 Å². The lowest BCUT2D eigenvalue weighted by atomic mass is 9.69. The summed E-state index contributed by atoms with van der Waals surface area (Å²) in [4.78, 5) is 13.4. The normalized spacial score (nSPS) is 35.3. The molecule has 1 aliphatic heterocycles. The molecule has 0 aromatic carbocycles. The minimum absolute atomic E-state index is 0.319. The average Bonchev–Trinajstić information content (AvgIpc) is 3.22. The minimum atomic E-state index is 0.319. The van der Waals surface area contributed by atoms with Gasteiger partial charge in [-0.2, -0.15) is 0 Å². The predicted octanol–water partition coefficient (Wildman–Crippen LogP) is 3.88. The molecule has 24 heavy (non-hydrogen) atoms. The van der Waals surface area contributed by atoms with E-state index in [1.807, 2.05) is 0 Å². The van der Waals surface area contributed by atoms with Crippen LogP contribution in [0.3, 0.4) is 0 Å². The Morgan fingerprint density at radius 2 is 1.42 bits per heavy atom. The van der Waals surface area contributed by atoms with E-state index in [0.717, 1.165) is 12.5 Å². The summed E-state index contributed by atoms with van der Waals surface area (Å²) >= 11 is 0. The molecule has 3 saturated carbocycles. The Hall–Kier alpha value is -0.570. The molecule has 4 aliphatic rings. The van der Waals surface area contributed by atoms with E-state index >= 15 is 0 Å². The molecule has 3 aliphatic carbocycles. The first-order valence-electron chi connectivity index (χ1n) is 10.8. The highest BCUT2D eigenvalue weighted by Crippen LogP contribution is 2.41. The zero-order valence-electron chi connectivity index (χ0n) is 15.3. The molecule has 2 N–H and O–H groups in total. The maximum atomic E-state index is 13.4. The van der Waals surface area contributed by atoms with Gasteiger partial charge in [0, 0.05) is 18.5 Å². The number of rotatable bonds is 4. The van der Waals surface area contributed by atoms with Gasteiger partial charge in [0.2, 0.25) is 5.91 Å². The van der Waals surface area contributed by atoms with Gasteiger partial charge in [0.15, 0.2) is 0 Å². The number of fused-ring (bicyclic) bond motifs is 1. The molecule has 0 aromatic heterocycles. The van der Waals surface area contributed by atoms with Gasteiger partial charge in [0.25, 0.3) is 0 Å². The molecule has 1 amide bonds. The zero-order chi connectivity index (χ0) is 16.4. The second-order valence-corrected chi connectivity index (χ2v) is 9.10. The van der Waals surface area contributed by atoms with Crippen LogP contribution < -0.4 is 10.6 Å². The number of amides is 1. The van der Waals surface area contributed by atoms with Crippen LogP contribution in [-0.4, -0.2) is 25.0 Å². The van der Waals surface area contributed by atoms with Crippen molar-refractivity contribution in [3.63, 3.8) is 0 Å². The van der Waals surface area contributed by atoms with Gasteiger partial charge in [-0.15, -0.1) is 0 Å². The van der Waals surface area contributed by atoms with Gasteiger partial charge in [-0.1, -0.05) is 38.5 Å². The summed E-state index contributed by atoms with van der Waals surface area (Å²) in [6.07, 6.45) is 15.9. The third-order valence-corrected chi connectivity index (χ3v) is 7.70. The number of hydrogen-bond acceptors (Lipinski definition) is 2. The van der Waals surface area contributed by atoms with Crippen molar-refractivity contribution in [3.05, 3.63) is 0 Å². The first-order valence-corrected chi connectivity index (χ1v) is 10.8. The third-order valence-electron chi connectivity index (χ3n) is 7.70. The van der Waals surface area contributed by atoms with Gasteiger partial charge < -0.3 is 10.6 Å². The molecule has 4 fully saturated rings. The van der Waals surface area contributed by atoms with E-state index in [0.29, 0.717) is 35.6 Å². The van der Waals surface area contributed by atoms with E-state index in [9.17, 15) is 4.79 Å². The molecule has 4 rings (SSSR count). The first kappa shape index (κ1) is 16.9. The summed E-state index contributed by atoms with van der Waals surface area (Å²) in [5, 5.41) is 7.10. The molecule has 0 spiro atoms. The molecule has 1 heterocycles. The molecule has 0 radical (unpaired) electrons. The summed E-state index contributed by atoms with van der Waals surface area (Å²) in [7, 11) is 0. The van der Waals surface area contributed by atoms with Crippen molar-refractivity contribution in [2.75, 3.05) is 13.1 Å². The predicted molar refractivity (Wildman–Crippen MR) is 97.7 cm³/mol. The maximum absolute atomic E-state index is 13.4. The van der Waals surface area contributed by atoms with E-state index in [1.165, 1.54) is 83.6 Å². The van der Waals surface area contributed by atoms with E-state index in [4.69, 9.17) is 0 Å². The van der Waals surface area contributed by atoms with Gasteiger partial charge >= 0.3 is 0 Å². The summed E-state index contributed by atoms with van der Waals surface area (Å²) in [6, 6.07) is 0.451. The Kier molecular flexibility index (Phi) is 5.46. The second-order valence-electron chi connectivity index (χ2n) is 9.10. The number of carbonyl (C=O) groups is 1. The molecule has 3 atom stereocenters. The average molecular weight is 333 g/mol. The fourth-order valence-electron chi connectivity index (χ4n) is 6.41. The van der Waals surface area contributed by atoms with E-state index in [2.05, 4.69) is 10.6 Å². The van der Waals surface area contributed by atoms with Crippen molar-refractivity contribution in [1.29, 1.82) is 0 Å². The fourth-order valence-corrected chi connectivity index (χ4v) is 6.41. The summed E-state index contributed by atoms with van der Waals surface area (Å²) in [5.74, 6) is 3.61. The van der Waals surface area contributed by atoms with Crippen LogP contribution in [0.5, 0.6) is 0 Å². The van der Waals surface area contributed by atoms with E-state index in [1.54, 1.807) is 0 Å². The molecule has 2 unspecified atom stereocenters. The van der Waals surface area contributed by atoms with Gasteiger partial charge in [0.1, 0.15) is 0 Å². The highest BCUT2D eigenvalue weighted by Gasteiger charge is 2.42. The van der Waals surface area contributed by atoms with Crippen LogP contribution in [0.15, 0.2) is 0 Å². The monoisotopic (exact) mass is 332 g/mol. The molecule has 3 nitrogen and oxygen atoms in total. The van der Waals surface area contributed by atoms with Gasteiger partial charge in [-0.25, -0.2) is 0 Å². The minimum Gasteiger partial charge on any atom is -0.353 e. The summed E-state index contributed by atoms with van der Waals surface area (Å²) < 4.78 is 0. The Labute approximate surface area is 147 Å². The lowest BCUT2D eigenvalue weighted by Gasteiger charge is -2.37. The number of nitrogens with one attached hydrogen (secondary N) is 2. The Balaban J connectivity index is 1.43. The molecule has 1 saturated heterocycles. The van der Waals surface area contributed by atoms with Crippen LogP contribution in [0.4, 0.5) is 0 Å². The number of carbonyl (C=O) groups excluding carboxylic acids is 1. The maximum Gasteiger partial charge on any atom is 0.223 e. The number of hydrogen-bond donors (Lipinski definition) is 2. The third kappa shape index (κ3) is 3.52. The van der Waals surface area contributed by atoms with E-state index < -0.39 is 0 Å². The van der Waals surface area contributed by atoms with Crippen molar-refractivity contribution in [1.82, 2.24) is 10.6 Å². The van der Waals surface area contributed by atoms with Crippen LogP contribution in [0.25, 0.3) is 0 Å². The Bertz CT molecular complexity index is 408. The Morgan fingerprint density at radius 1 is 0.792 bits per heavy atom. The largest absolute Gasteiger partial charge is 0.353 e. The van der Waals surface area contributed by atoms with Crippen molar-refractivity contribution < 1.29 is 4.79 Å². The van der Waals surface area contributed by atoms with Gasteiger partial charge in [-0.05, 0) is 68.7 Å². The highest BCUT2D eigenvalue weighted by molar-refractivity contribution is 5.79. The van der Waals surface area contributed by atoms with Crippen LogP contribution in [0.1, 0.15) is 77.0 Å². The SMILES string of the molecule is O=C(NC1CC[C@H]2CNCC12)C(C1CCCCC1)C1CCCCC1. The molecular formula is C21H36N2O. The van der Waals surface area contributed by atoms with Crippen molar-refractivity contribution in [2.24, 2.45) is 29.6 Å². The standard InChI is InChI=1S/C21H36N2O/c24-21(23-19-12-11-17-13-22-14-18(17)19)20(15-7-3-1-4-8-15)16-9-5-2-6-10-16/h15-20,22H,1-14H2,(H,23,24)/t17-,18?,19?/m0/s1. The quantitative estimate of drug-likeness (QED) is 0.820. The molecule has 136 valence electrons. The first-order chi connectivity index (χ1) is 11.8. The summed E-state index contributed by atoms with van der Waals surface area (Å²) in [6.45, 7) is 2.29. The Morgan fingerprint density at radius 3 is 2.04 bits per heavy atom. The topological polar surface area (TPSA) is 41.1 Å². The highest BCUT2D eigenvalue weighted by atomic mass is 16.2. The fraction of sp³-hybridized carbons (Fsp3) is 0.952. The van der Waals surface area contributed by atoms with Crippen molar-refractivity contribution >= 4 is 5.91 Å². The molecule has 0 bridgehead atoms. The van der Waals surface area contributed by atoms with Crippen molar-refractivity contribution in [3.8, 4) is 0 Å².